The third-order valence-corrected chi connectivity index (χ3v) is 6.71. The van der Waals surface area contributed by atoms with Crippen LogP contribution < -0.4 is 11.1 Å². The van der Waals surface area contributed by atoms with E-state index < -0.39 is 23.2 Å². The molecule has 2 aliphatic rings. The second-order valence-electron chi connectivity index (χ2n) is 9.06. The number of amides is 2. The maximum atomic E-state index is 13.3. The maximum Gasteiger partial charge on any atom is 0.419 e. The standard InChI is InChI=1S/C24H23F3N8O2/c1-14(15-2-4-30-17(8-15)11-28)32-22(36)34-5-3-23(13-34)20-10-19(33-35(20)6-7-37-23)16-9-18(24(25,26)27)21(29)31-12-16/h2,4,8-10,12,14H,3,5-7,13H2,1H3,(H2,29,31)(H,32,36)/t14-,23?/m1/s1. The van der Waals surface area contributed by atoms with Gasteiger partial charge >= 0.3 is 12.2 Å². The first-order valence-corrected chi connectivity index (χ1v) is 11.6. The lowest BCUT2D eigenvalue weighted by molar-refractivity contribution is -0.137. The molecule has 0 saturated carbocycles. The Morgan fingerprint density at radius 1 is 1.30 bits per heavy atom. The second-order valence-corrected chi connectivity index (χ2v) is 9.06. The quantitative estimate of drug-likeness (QED) is 0.550. The Bertz CT molecular complexity index is 1400. The van der Waals surface area contributed by atoms with E-state index in [4.69, 9.17) is 15.7 Å². The summed E-state index contributed by atoms with van der Waals surface area (Å²) in [5.74, 6) is -0.595. The van der Waals surface area contributed by atoms with Crippen molar-refractivity contribution >= 4 is 11.8 Å². The van der Waals surface area contributed by atoms with Gasteiger partial charge in [0.15, 0.2) is 0 Å². The number of hydrogen-bond acceptors (Lipinski definition) is 7. The molecule has 192 valence electrons. The van der Waals surface area contributed by atoms with Crippen molar-refractivity contribution < 1.29 is 22.7 Å². The first kappa shape index (κ1) is 24.5. The van der Waals surface area contributed by atoms with Crippen LogP contribution in [-0.2, 0) is 23.1 Å². The SMILES string of the molecule is C[C@@H](NC(=O)N1CCC2(C1)OCCn1nc(-c3cnc(N)c(C(F)(F)F)c3)cc12)c1ccnc(C#N)c1. The fourth-order valence-corrected chi connectivity index (χ4v) is 4.76. The molecule has 3 N–H and O–H groups in total. The number of halogens is 3. The Morgan fingerprint density at radius 3 is 2.86 bits per heavy atom. The summed E-state index contributed by atoms with van der Waals surface area (Å²) in [6.45, 7) is 3.26. The smallest absolute Gasteiger partial charge is 0.383 e. The zero-order valence-electron chi connectivity index (χ0n) is 19.8. The lowest BCUT2D eigenvalue weighted by Crippen LogP contribution is -2.44. The van der Waals surface area contributed by atoms with Crippen molar-refractivity contribution in [2.75, 3.05) is 25.4 Å². The summed E-state index contributed by atoms with van der Waals surface area (Å²) in [5, 5.41) is 16.5. The molecule has 1 spiro atoms. The number of nitrogen functional groups attached to an aromatic ring is 1. The molecule has 2 atom stereocenters. The number of nitrogens with two attached hydrogens (primary N) is 1. The predicted octanol–water partition coefficient (Wildman–Crippen LogP) is 3.21. The molecule has 0 radical (unpaired) electrons. The highest BCUT2D eigenvalue weighted by Gasteiger charge is 2.47. The van der Waals surface area contributed by atoms with E-state index in [1.165, 1.54) is 12.4 Å². The molecule has 13 heteroatoms. The van der Waals surface area contributed by atoms with Crippen LogP contribution in [0.4, 0.5) is 23.8 Å². The van der Waals surface area contributed by atoms with Crippen molar-refractivity contribution in [1.29, 1.82) is 5.26 Å². The van der Waals surface area contributed by atoms with E-state index in [1.807, 2.05) is 13.0 Å². The number of nitriles is 1. The van der Waals surface area contributed by atoms with Gasteiger partial charge < -0.3 is 20.7 Å². The van der Waals surface area contributed by atoms with E-state index in [-0.39, 0.29) is 29.9 Å². The van der Waals surface area contributed by atoms with Gasteiger partial charge in [-0.25, -0.2) is 14.8 Å². The normalized spacial score (nSPS) is 19.9. The average molecular weight is 512 g/mol. The first-order valence-electron chi connectivity index (χ1n) is 11.6. The number of nitrogens with one attached hydrogen (secondary N) is 1. The summed E-state index contributed by atoms with van der Waals surface area (Å²) in [6.07, 6.45) is -1.36. The fraction of sp³-hybridized carbons (Fsp3) is 0.375. The molecule has 0 aliphatic carbocycles. The molecule has 2 aliphatic heterocycles. The van der Waals surface area contributed by atoms with Crippen LogP contribution in [-0.4, -0.2) is 50.4 Å². The van der Waals surface area contributed by atoms with Gasteiger partial charge in [0, 0.05) is 30.9 Å². The van der Waals surface area contributed by atoms with Gasteiger partial charge in [-0.3, -0.25) is 4.68 Å². The van der Waals surface area contributed by atoms with Crippen LogP contribution in [0.1, 0.15) is 41.9 Å². The highest BCUT2D eigenvalue weighted by Crippen LogP contribution is 2.41. The number of anilines is 1. The number of carbonyl (C=O) groups excluding carboxylic acids is 1. The zero-order valence-corrected chi connectivity index (χ0v) is 19.8. The van der Waals surface area contributed by atoms with E-state index in [9.17, 15) is 18.0 Å². The van der Waals surface area contributed by atoms with Crippen molar-refractivity contribution in [2.45, 2.75) is 37.7 Å². The Kier molecular flexibility index (Phi) is 5.99. The van der Waals surface area contributed by atoms with Crippen LogP contribution in [0.15, 0.2) is 36.7 Å². The average Bonchev–Trinajstić information content (AvgIpc) is 3.50. The van der Waals surface area contributed by atoms with Crippen LogP contribution in [0.25, 0.3) is 11.3 Å². The highest BCUT2D eigenvalue weighted by atomic mass is 19.4. The Balaban J connectivity index is 1.36. The van der Waals surface area contributed by atoms with Crippen LogP contribution in [0.3, 0.4) is 0 Å². The van der Waals surface area contributed by atoms with E-state index in [2.05, 4.69) is 20.4 Å². The summed E-state index contributed by atoms with van der Waals surface area (Å²) >= 11 is 0. The molecule has 3 aromatic heterocycles. The van der Waals surface area contributed by atoms with Crippen LogP contribution in [0, 0.1) is 11.3 Å². The van der Waals surface area contributed by atoms with Crippen molar-refractivity contribution in [3.05, 3.63) is 59.2 Å². The van der Waals surface area contributed by atoms with Crippen molar-refractivity contribution in [3.63, 3.8) is 0 Å². The molecular weight excluding hydrogens is 489 g/mol. The zero-order chi connectivity index (χ0) is 26.4. The molecule has 1 unspecified atom stereocenters. The molecule has 10 nitrogen and oxygen atoms in total. The molecular formula is C24H23F3N8O2. The Morgan fingerprint density at radius 2 is 2.11 bits per heavy atom. The van der Waals surface area contributed by atoms with Gasteiger partial charge in [-0.2, -0.15) is 23.5 Å². The second kappa shape index (κ2) is 9.04. The van der Waals surface area contributed by atoms with Crippen LogP contribution in [0.2, 0.25) is 0 Å². The topological polar surface area (TPSA) is 135 Å². The number of carbonyl (C=O) groups is 1. The largest absolute Gasteiger partial charge is 0.419 e. The number of likely N-dealkylation sites (tertiary alicyclic amines) is 1. The van der Waals surface area contributed by atoms with Crippen molar-refractivity contribution in [2.24, 2.45) is 0 Å². The third-order valence-electron chi connectivity index (χ3n) is 6.71. The predicted molar refractivity (Wildman–Crippen MR) is 125 cm³/mol. The number of fused-ring (bicyclic) bond motifs is 2. The van der Waals surface area contributed by atoms with Crippen LogP contribution >= 0.6 is 0 Å². The monoisotopic (exact) mass is 512 g/mol. The summed E-state index contributed by atoms with van der Waals surface area (Å²) in [7, 11) is 0. The van der Waals surface area contributed by atoms with Crippen molar-refractivity contribution in [3.8, 4) is 17.3 Å². The summed E-state index contributed by atoms with van der Waals surface area (Å²) in [5.41, 5.74) is 5.80. The Hall–Kier alpha value is -4.18. The summed E-state index contributed by atoms with van der Waals surface area (Å²) in [4.78, 5) is 22.3. The number of urea groups is 1. The maximum absolute atomic E-state index is 13.3. The van der Waals surface area contributed by atoms with Gasteiger partial charge in [0.2, 0.25) is 0 Å². The number of aromatic nitrogens is 4. The lowest BCUT2D eigenvalue weighted by Gasteiger charge is -2.34. The fourth-order valence-electron chi connectivity index (χ4n) is 4.76. The van der Waals surface area contributed by atoms with E-state index >= 15 is 0 Å². The van der Waals surface area contributed by atoms with E-state index in [0.29, 0.717) is 37.5 Å². The summed E-state index contributed by atoms with van der Waals surface area (Å²) < 4.78 is 47.9. The molecule has 0 bridgehead atoms. The minimum Gasteiger partial charge on any atom is -0.383 e. The first-order chi connectivity index (χ1) is 17.6. The number of nitrogens with zero attached hydrogens (tertiary/aromatic N) is 6. The van der Waals surface area contributed by atoms with Crippen LogP contribution in [0.5, 0.6) is 0 Å². The van der Waals surface area contributed by atoms with Gasteiger partial charge in [-0.05, 0) is 36.8 Å². The third kappa shape index (κ3) is 4.55. The molecule has 1 saturated heterocycles. The minimum atomic E-state index is -4.64. The molecule has 3 aromatic rings. The highest BCUT2D eigenvalue weighted by molar-refractivity contribution is 5.75. The van der Waals surface area contributed by atoms with E-state index in [1.54, 1.807) is 27.8 Å². The minimum absolute atomic E-state index is 0.189. The number of alkyl halides is 3. The molecule has 37 heavy (non-hydrogen) atoms. The van der Waals surface area contributed by atoms with Gasteiger partial charge in [-0.1, -0.05) is 0 Å². The molecule has 2 amide bonds. The summed E-state index contributed by atoms with van der Waals surface area (Å²) in [6, 6.07) is 7.32. The van der Waals surface area contributed by atoms with E-state index in [0.717, 1.165) is 11.6 Å². The number of pyridine rings is 2. The van der Waals surface area contributed by atoms with Crippen molar-refractivity contribution in [1.82, 2.24) is 30.0 Å². The number of rotatable bonds is 3. The van der Waals surface area contributed by atoms with Gasteiger partial charge in [-0.15, -0.1) is 0 Å². The molecule has 0 aromatic carbocycles. The van der Waals surface area contributed by atoms with Gasteiger partial charge in [0.25, 0.3) is 0 Å². The lowest BCUT2D eigenvalue weighted by atomic mass is 9.96. The molecule has 5 heterocycles. The van der Waals surface area contributed by atoms with Gasteiger partial charge in [0.1, 0.15) is 23.2 Å². The Labute approximate surface area is 209 Å². The molecule has 1 fully saturated rings. The van der Waals surface area contributed by atoms with Gasteiger partial charge in [0.05, 0.1) is 42.7 Å². The number of ether oxygens (including phenoxy) is 1. The molecule has 5 rings (SSSR count). The number of hydrogen-bond donors (Lipinski definition) is 2.